The summed E-state index contributed by atoms with van der Waals surface area (Å²) in [5.74, 6) is 0.308. The minimum Gasteiger partial charge on any atom is -0.388 e. The molecule has 0 aliphatic heterocycles. The molecular formula is C14H23N3O2. The molecule has 0 radical (unpaired) electrons. The Morgan fingerprint density at radius 3 is 2.84 bits per heavy atom. The van der Waals surface area contributed by atoms with Crippen molar-refractivity contribution in [2.45, 2.75) is 51.6 Å². The summed E-state index contributed by atoms with van der Waals surface area (Å²) in [5.41, 5.74) is 0.657. The summed E-state index contributed by atoms with van der Waals surface area (Å²) in [6.07, 6.45) is 4.49. The molecule has 1 aliphatic carbocycles. The highest BCUT2D eigenvalue weighted by Gasteiger charge is 2.31. The van der Waals surface area contributed by atoms with Gasteiger partial charge in [0.1, 0.15) is 5.69 Å². The second kappa shape index (κ2) is 5.74. The normalized spacial score (nSPS) is 17.9. The van der Waals surface area contributed by atoms with Crippen LogP contribution >= 0.6 is 0 Å². The van der Waals surface area contributed by atoms with Crippen molar-refractivity contribution in [1.29, 1.82) is 0 Å². The maximum atomic E-state index is 11.9. The van der Waals surface area contributed by atoms with E-state index in [2.05, 4.69) is 29.4 Å². The van der Waals surface area contributed by atoms with Crippen molar-refractivity contribution in [2.24, 2.45) is 5.92 Å². The number of carbonyl (C=O) groups is 1. The highest BCUT2D eigenvalue weighted by Crippen LogP contribution is 2.28. The van der Waals surface area contributed by atoms with Crippen LogP contribution in [0.3, 0.4) is 0 Å². The Bertz CT molecular complexity index is 434. The fourth-order valence-corrected chi connectivity index (χ4v) is 2.57. The van der Waals surface area contributed by atoms with Gasteiger partial charge in [-0.1, -0.05) is 26.7 Å². The maximum Gasteiger partial charge on any atom is 0.271 e. The molecule has 1 aliphatic rings. The number of H-pyrrole nitrogens is 1. The van der Waals surface area contributed by atoms with Crippen molar-refractivity contribution in [1.82, 2.24) is 15.5 Å². The summed E-state index contributed by atoms with van der Waals surface area (Å²) in [6, 6.07) is 1.79. The van der Waals surface area contributed by atoms with Crippen LogP contribution in [0.2, 0.25) is 0 Å². The van der Waals surface area contributed by atoms with Crippen molar-refractivity contribution in [3.05, 3.63) is 17.5 Å². The lowest BCUT2D eigenvalue weighted by atomic mass is 10.0. The molecule has 1 amide bonds. The summed E-state index contributed by atoms with van der Waals surface area (Å²) >= 11 is 0. The topological polar surface area (TPSA) is 78.0 Å². The van der Waals surface area contributed by atoms with Gasteiger partial charge in [-0.05, 0) is 31.2 Å². The van der Waals surface area contributed by atoms with Gasteiger partial charge in [-0.15, -0.1) is 0 Å². The molecular weight excluding hydrogens is 242 g/mol. The van der Waals surface area contributed by atoms with Crippen LogP contribution in [-0.4, -0.2) is 33.4 Å². The molecule has 1 saturated carbocycles. The number of aromatic nitrogens is 2. The van der Waals surface area contributed by atoms with Gasteiger partial charge < -0.3 is 10.4 Å². The minimum atomic E-state index is -0.716. The van der Waals surface area contributed by atoms with Crippen LogP contribution in [0.4, 0.5) is 0 Å². The van der Waals surface area contributed by atoms with E-state index in [1.54, 1.807) is 6.07 Å². The molecule has 0 spiro atoms. The van der Waals surface area contributed by atoms with E-state index in [-0.39, 0.29) is 5.91 Å². The molecule has 0 unspecified atom stereocenters. The maximum absolute atomic E-state index is 11.9. The van der Waals surface area contributed by atoms with E-state index >= 15 is 0 Å². The highest BCUT2D eigenvalue weighted by atomic mass is 16.3. The highest BCUT2D eigenvalue weighted by molar-refractivity contribution is 5.92. The first kappa shape index (κ1) is 14.1. The fourth-order valence-electron chi connectivity index (χ4n) is 2.57. The van der Waals surface area contributed by atoms with Crippen LogP contribution in [0.5, 0.6) is 0 Å². The Hall–Kier alpha value is -1.36. The molecule has 0 bridgehead atoms. The van der Waals surface area contributed by atoms with Gasteiger partial charge in [0.15, 0.2) is 0 Å². The number of carbonyl (C=O) groups excluding carboxylic acids is 1. The fraction of sp³-hybridized carbons (Fsp3) is 0.714. The molecule has 106 valence electrons. The van der Waals surface area contributed by atoms with Crippen molar-refractivity contribution in [2.75, 3.05) is 6.54 Å². The van der Waals surface area contributed by atoms with Gasteiger partial charge in [0, 0.05) is 12.2 Å². The molecule has 2 rings (SSSR count). The molecule has 3 N–H and O–H groups in total. The van der Waals surface area contributed by atoms with Gasteiger partial charge >= 0.3 is 0 Å². The smallest absolute Gasteiger partial charge is 0.271 e. The SMILES string of the molecule is CC(C)Cc1cc(C(=O)NCC2(O)CCCC2)n[nH]1. The Kier molecular flexibility index (Phi) is 4.24. The van der Waals surface area contributed by atoms with E-state index in [1.165, 1.54) is 0 Å². The average molecular weight is 265 g/mol. The van der Waals surface area contributed by atoms with Gasteiger partial charge in [-0.2, -0.15) is 5.10 Å². The van der Waals surface area contributed by atoms with E-state index in [0.29, 0.717) is 18.2 Å². The molecule has 19 heavy (non-hydrogen) atoms. The average Bonchev–Trinajstić information content (AvgIpc) is 2.95. The number of nitrogens with zero attached hydrogens (tertiary/aromatic N) is 1. The molecule has 1 fully saturated rings. The van der Waals surface area contributed by atoms with Crippen LogP contribution in [-0.2, 0) is 6.42 Å². The second-order valence-electron chi connectivity index (χ2n) is 5.99. The number of rotatable bonds is 5. The summed E-state index contributed by atoms with van der Waals surface area (Å²) < 4.78 is 0. The Balaban J connectivity index is 1.87. The number of nitrogens with one attached hydrogen (secondary N) is 2. The van der Waals surface area contributed by atoms with Crippen LogP contribution in [0, 0.1) is 5.92 Å². The van der Waals surface area contributed by atoms with E-state index in [9.17, 15) is 9.90 Å². The molecule has 1 aromatic rings. The number of hydrogen-bond acceptors (Lipinski definition) is 3. The zero-order valence-electron chi connectivity index (χ0n) is 11.7. The third kappa shape index (κ3) is 3.80. The number of aliphatic hydroxyl groups is 1. The predicted molar refractivity (Wildman–Crippen MR) is 72.9 cm³/mol. The Morgan fingerprint density at radius 2 is 2.21 bits per heavy atom. The van der Waals surface area contributed by atoms with Crippen molar-refractivity contribution in [3.63, 3.8) is 0 Å². The lowest BCUT2D eigenvalue weighted by Gasteiger charge is -2.21. The Labute approximate surface area is 113 Å². The summed E-state index contributed by atoms with van der Waals surface area (Å²) in [6.45, 7) is 4.56. The standard InChI is InChI=1S/C14H23N3O2/c1-10(2)7-11-8-12(17-16-11)13(18)15-9-14(19)5-3-4-6-14/h8,10,19H,3-7,9H2,1-2H3,(H,15,18)(H,16,17). The quantitative estimate of drug-likeness (QED) is 0.757. The zero-order valence-corrected chi connectivity index (χ0v) is 11.7. The molecule has 0 atom stereocenters. The van der Waals surface area contributed by atoms with Gasteiger partial charge in [-0.25, -0.2) is 0 Å². The van der Waals surface area contributed by atoms with Gasteiger partial charge in [-0.3, -0.25) is 9.89 Å². The zero-order chi connectivity index (χ0) is 13.9. The first-order chi connectivity index (χ1) is 8.98. The lowest BCUT2D eigenvalue weighted by Crippen LogP contribution is -2.40. The van der Waals surface area contributed by atoms with E-state index in [0.717, 1.165) is 37.8 Å². The van der Waals surface area contributed by atoms with E-state index in [4.69, 9.17) is 0 Å². The molecule has 1 aromatic heterocycles. The third-order valence-corrected chi connectivity index (χ3v) is 3.60. The van der Waals surface area contributed by atoms with E-state index < -0.39 is 5.60 Å². The summed E-state index contributed by atoms with van der Waals surface area (Å²) in [5, 5.41) is 19.8. The van der Waals surface area contributed by atoms with Gasteiger partial charge in [0.25, 0.3) is 5.91 Å². The predicted octanol–water partition coefficient (Wildman–Crippen LogP) is 1.64. The monoisotopic (exact) mass is 265 g/mol. The molecule has 1 heterocycles. The molecule has 0 saturated heterocycles. The van der Waals surface area contributed by atoms with E-state index in [1.807, 2.05) is 0 Å². The van der Waals surface area contributed by atoms with Crippen LogP contribution in [0.1, 0.15) is 55.7 Å². The molecule has 0 aromatic carbocycles. The first-order valence-electron chi connectivity index (χ1n) is 7.03. The second-order valence-corrected chi connectivity index (χ2v) is 5.99. The lowest BCUT2D eigenvalue weighted by molar-refractivity contribution is 0.0448. The molecule has 5 heteroatoms. The first-order valence-corrected chi connectivity index (χ1v) is 7.03. The van der Waals surface area contributed by atoms with Crippen molar-refractivity contribution < 1.29 is 9.90 Å². The minimum absolute atomic E-state index is 0.216. The summed E-state index contributed by atoms with van der Waals surface area (Å²) in [4.78, 5) is 11.9. The Morgan fingerprint density at radius 1 is 1.53 bits per heavy atom. The summed E-state index contributed by atoms with van der Waals surface area (Å²) in [7, 11) is 0. The number of hydrogen-bond donors (Lipinski definition) is 3. The van der Waals surface area contributed by atoms with Crippen LogP contribution < -0.4 is 5.32 Å². The van der Waals surface area contributed by atoms with Crippen LogP contribution in [0.25, 0.3) is 0 Å². The largest absolute Gasteiger partial charge is 0.388 e. The third-order valence-electron chi connectivity index (χ3n) is 3.60. The van der Waals surface area contributed by atoms with Gasteiger partial charge in [0.2, 0.25) is 0 Å². The number of aromatic amines is 1. The van der Waals surface area contributed by atoms with Crippen molar-refractivity contribution in [3.8, 4) is 0 Å². The van der Waals surface area contributed by atoms with Crippen LogP contribution in [0.15, 0.2) is 6.07 Å². The van der Waals surface area contributed by atoms with Crippen molar-refractivity contribution >= 4 is 5.91 Å². The van der Waals surface area contributed by atoms with Gasteiger partial charge in [0.05, 0.1) is 5.60 Å². The number of amides is 1. The molecule has 5 nitrogen and oxygen atoms in total.